The lowest BCUT2D eigenvalue weighted by Crippen LogP contribution is -2.19. The van der Waals surface area contributed by atoms with Crippen molar-refractivity contribution in [3.05, 3.63) is 82.3 Å². The molecule has 0 spiro atoms. The van der Waals surface area contributed by atoms with Crippen LogP contribution in [0.1, 0.15) is 22.8 Å². The van der Waals surface area contributed by atoms with Crippen molar-refractivity contribution in [3.63, 3.8) is 0 Å². The van der Waals surface area contributed by atoms with Crippen molar-refractivity contribution in [2.75, 3.05) is 0 Å². The van der Waals surface area contributed by atoms with Gasteiger partial charge in [0.15, 0.2) is 5.17 Å². The van der Waals surface area contributed by atoms with E-state index in [4.69, 9.17) is 0 Å². The predicted molar refractivity (Wildman–Crippen MR) is 104 cm³/mol. The Morgan fingerprint density at radius 3 is 2.54 bits per heavy atom. The van der Waals surface area contributed by atoms with Crippen LogP contribution in [0.15, 0.2) is 76.1 Å². The highest BCUT2D eigenvalue weighted by Gasteiger charge is 2.24. The molecule has 6 heteroatoms. The molecule has 1 heterocycles. The van der Waals surface area contributed by atoms with E-state index in [1.807, 2.05) is 43.3 Å². The molecule has 0 unspecified atom stereocenters. The molecule has 1 saturated heterocycles. The molecular formula is C20H16N2O3S. The van der Waals surface area contributed by atoms with E-state index in [1.165, 1.54) is 17.8 Å². The molecule has 3 rings (SSSR count). The second kappa shape index (κ2) is 7.84. The smallest absolute Gasteiger partial charge is 0.337 e. The number of hydrogen-bond acceptors (Lipinski definition) is 4. The van der Waals surface area contributed by atoms with Gasteiger partial charge in [0, 0.05) is 0 Å². The molecule has 0 aliphatic carbocycles. The molecule has 5 nitrogen and oxygen atoms in total. The Morgan fingerprint density at radius 2 is 1.81 bits per heavy atom. The summed E-state index contributed by atoms with van der Waals surface area (Å²) in [7, 11) is 0. The minimum atomic E-state index is -1.06. The average molecular weight is 364 g/mol. The third-order valence-corrected chi connectivity index (χ3v) is 4.47. The summed E-state index contributed by atoms with van der Waals surface area (Å²) >= 11 is 1.19. The molecule has 0 atom stereocenters. The van der Waals surface area contributed by atoms with Gasteiger partial charge in [-0.15, -0.1) is 0 Å². The maximum absolute atomic E-state index is 12.2. The molecule has 2 aromatic rings. The summed E-state index contributed by atoms with van der Waals surface area (Å²) in [6.45, 7) is 1.92. The second-order valence-electron chi connectivity index (χ2n) is 5.60. The number of nitrogens with one attached hydrogen (secondary N) is 1. The van der Waals surface area contributed by atoms with Crippen molar-refractivity contribution < 1.29 is 14.7 Å². The number of carbonyl (C=O) groups excluding carboxylic acids is 1. The summed E-state index contributed by atoms with van der Waals surface area (Å²) in [5.74, 6) is -1.31. The van der Waals surface area contributed by atoms with Crippen molar-refractivity contribution in [2.45, 2.75) is 6.92 Å². The zero-order valence-electron chi connectivity index (χ0n) is 14.0. The number of carboxylic acid groups (broad SMARTS) is 1. The summed E-state index contributed by atoms with van der Waals surface area (Å²) in [5, 5.41) is 12.3. The fourth-order valence-corrected chi connectivity index (χ4v) is 3.29. The number of rotatable bonds is 4. The van der Waals surface area contributed by atoms with Crippen molar-refractivity contribution >= 4 is 40.6 Å². The van der Waals surface area contributed by atoms with Crippen molar-refractivity contribution in [3.8, 4) is 0 Å². The lowest BCUT2D eigenvalue weighted by molar-refractivity contribution is -0.115. The van der Waals surface area contributed by atoms with E-state index in [9.17, 15) is 14.7 Å². The van der Waals surface area contributed by atoms with Crippen LogP contribution >= 0.6 is 11.8 Å². The Bertz CT molecular complexity index is 947. The molecule has 0 radical (unpaired) electrons. The first-order valence-corrected chi connectivity index (χ1v) is 8.70. The number of aromatic carboxylic acids is 1. The van der Waals surface area contributed by atoms with Crippen molar-refractivity contribution in [2.24, 2.45) is 4.99 Å². The van der Waals surface area contributed by atoms with Crippen LogP contribution in [-0.4, -0.2) is 22.2 Å². The summed E-state index contributed by atoms with van der Waals surface area (Å²) < 4.78 is 0. The average Bonchev–Trinajstić information content (AvgIpc) is 2.95. The van der Waals surface area contributed by atoms with Crippen LogP contribution in [0.25, 0.3) is 6.08 Å². The van der Waals surface area contributed by atoms with E-state index >= 15 is 0 Å². The zero-order chi connectivity index (χ0) is 18.5. The van der Waals surface area contributed by atoms with Crippen molar-refractivity contribution in [1.29, 1.82) is 0 Å². The number of para-hydroxylation sites is 1. The Morgan fingerprint density at radius 1 is 1.12 bits per heavy atom. The van der Waals surface area contributed by atoms with Gasteiger partial charge in [-0.05, 0) is 48.0 Å². The van der Waals surface area contributed by atoms with Gasteiger partial charge >= 0.3 is 5.97 Å². The fraction of sp³-hybridized carbons (Fsp3) is 0.0500. The first kappa shape index (κ1) is 17.7. The predicted octanol–water partition coefficient (Wildman–Crippen LogP) is 4.22. The number of nitrogens with zero attached hydrogens (tertiary/aromatic N) is 1. The molecule has 0 aromatic heterocycles. The minimum absolute atomic E-state index is 0.0902. The molecule has 130 valence electrons. The van der Waals surface area contributed by atoms with Crippen LogP contribution in [0.2, 0.25) is 0 Å². The van der Waals surface area contributed by atoms with E-state index in [-0.39, 0.29) is 11.5 Å². The SMILES string of the molecule is CC(=Cc1ccccc1)C=C1SC(=Nc2ccccc2C(=O)O)NC1=O. The van der Waals surface area contributed by atoms with Gasteiger partial charge in [-0.2, -0.15) is 0 Å². The molecule has 1 amide bonds. The largest absolute Gasteiger partial charge is 0.478 e. The Labute approximate surface area is 155 Å². The number of carboxylic acids is 1. The van der Waals surface area contributed by atoms with Crippen LogP contribution in [0, 0.1) is 0 Å². The number of amides is 1. The van der Waals surface area contributed by atoms with Gasteiger partial charge in [-0.25, -0.2) is 9.79 Å². The number of thioether (sulfide) groups is 1. The summed E-state index contributed by atoms with van der Waals surface area (Å²) in [6, 6.07) is 16.2. The van der Waals surface area contributed by atoms with Gasteiger partial charge in [0.2, 0.25) is 0 Å². The highest BCUT2D eigenvalue weighted by atomic mass is 32.2. The summed E-state index contributed by atoms with van der Waals surface area (Å²) in [4.78, 5) is 28.2. The van der Waals surface area contributed by atoms with E-state index in [1.54, 1.807) is 24.3 Å². The van der Waals surface area contributed by atoms with Gasteiger partial charge in [0.05, 0.1) is 16.2 Å². The molecule has 1 fully saturated rings. The monoisotopic (exact) mass is 364 g/mol. The molecule has 0 saturated carbocycles. The highest BCUT2D eigenvalue weighted by Crippen LogP contribution is 2.28. The molecule has 1 aliphatic heterocycles. The van der Waals surface area contributed by atoms with Gasteiger partial charge in [0.1, 0.15) is 0 Å². The normalized spacial score (nSPS) is 17.6. The van der Waals surface area contributed by atoms with Gasteiger partial charge in [0.25, 0.3) is 5.91 Å². The van der Waals surface area contributed by atoms with Gasteiger partial charge in [-0.3, -0.25) is 4.79 Å². The van der Waals surface area contributed by atoms with E-state index in [0.717, 1.165) is 11.1 Å². The minimum Gasteiger partial charge on any atom is -0.478 e. The van der Waals surface area contributed by atoms with Crippen LogP contribution < -0.4 is 5.32 Å². The maximum atomic E-state index is 12.2. The Balaban J connectivity index is 1.83. The number of hydrogen-bond donors (Lipinski definition) is 2. The number of benzene rings is 2. The third-order valence-electron chi connectivity index (χ3n) is 3.56. The zero-order valence-corrected chi connectivity index (χ0v) is 14.8. The third kappa shape index (κ3) is 4.29. The second-order valence-corrected chi connectivity index (χ2v) is 6.63. The topological polar surface area (TPSA) is 78.8 Å². The van der Waals surface area contributed by atoms with Crippen molar-refractivity contribution in [1.82, 2.24) is 5.32 Å². The first-order valence-electron chi connectivity index (χ1n) is 7.88. The molecule has 1 aliphatic rings. The van der Waals surface area contributed by atoms with Crippen LogP contribution in [-0.2, 0) is 4.79 Å². The molecule has 26 heavy (non-hydrogen) atoms. The van der Waals surface area contributed by atoms with Gasteiger partial charge in [-0.1, -0.05) is 48.5 Å². The van der Waals surface area contributed by atoms with E-state index < -0.39 is 5.97 Å². The number of carbonyl (C=O) groups is 2. The molecule has 2 N–H and O–H groups in total. The van der Waals surface area contributed by atoms with Crippen LogP contribution in [0.4, 0.5) is 5.69 Å². The van der Waals surface area contributed by atoms with Crippen LogP contribution in [0.3, 0.4) is 0 Å². The summed E-state index contributed by atoms with van der Waals surface area (Å²) in [6.07, 6.45) is 3.77. The number of allylic oxidation sites excluding steroid dienone is 2. The van der Waals surface area contributed by atoms with E-state index in [0.29, 0.717) is 15.8 Å². The lowest BCUT2D eigenvalue weighted by atomic mass is 10.1. The van der Waals surface area contributed by atoms with E-state index in [2.05, 4.69) is 10.3 Å². The maximum Gasteiger partial charge on any atom is 0.337 e. The number of amidine groups is 1. The molecule has 0 bridgehead atoms. The van der Waals surface area contributed by atoms with Gasteiger partial charge < -0.3 is 10.4 Å². The first-order chi connectivity index (χ1) is 12.5. The fourth-order valence-electron chi connectivity index (χ4n) is 2.40. The number of aliphatic imine (C=N–C) groups is 1. The molecule has 2 aromatic carbocycles. The standard InChI is InChI=1S/C20H16N2O3S/c1-13(11-14-7-3-2-4-8-14)12-17-18(23)22-20(26-17)21-16-10-6-5-9-15(16)19(24)25/h2-12H,1H3,(H,24,25)(H,21,22,23). The quantitative estimate of drug-likeness (QED) is 0.796. The molecular weight excluding hydrogens is 348 g/mol. The highest BCUT2D eigenvalue weighted by molar-refractivity contribution is 8.18. The lowest BCUT2D eigenvalue weighted by Gasteiger charge is -2.00. The van der Waals surface area contributed by atoms with Crippen LogP contribution in [0.5, 0.6) is 0 Å². The Kier molecular flexibility index (Phi) is 5.34. The summed E-state index contributed by atoms with van der Waals surface area (Å²) in [5.41, 5.74) is 2.38. The Hall–Kier alpha value is -3.12.